The molecule has 0 saturated heterocycles. The molecule has 6 nitrogen and oxygen atoms in total. The third kappa shape index (κ3) is 4.90. The average molecular weight is 356 g/mol. The van der Waals surface area contributed by atoms with Crippen LogP contribution >= 0.6 is 11.3 Å². The van der Waals surface area contributed by atoms with Gasteiger partial charge in [0.25, 0.3) is 5.91 Å². The maximum Gasteiger partial charge on any atom is 0.252 e. The first-order valence-corrected chi connectivity index (χ1v) is 9.17. The van der Waals surface area contributed by atoms with Crippen molar-refractivity contribution in [3.8, 4) is 0 Å². The number of para-hydroxylation sites is 2. The van der Waals surface area contributed by atoms with E-state index in [0.717, 1.165) is 16.9 Å². The van der Waals surface area contributed by atoms with Gasteiger partial charge >= 0.3 is 0 Å². The molecule has 3 rings (SSSR count). The van der Waals surface area contributed by atoms with Gasteiger partial charge in [0.05, 0.1) is 11.0 Å². The summed E-state index contributed by atoms with van der Waals surface area (Å²) in [5.41, 5.74) is 2.61. The molecule has 0 spiro atoms. The first-order chi connectivity index (χ1) is 12.2. The molecule has 0 saturated carbocycles. The second-order valence-corrected chi connectivity index (χ2v) is 6.45. The zero-order valence-corrected chi connectivity index (χ0v) is 14.6. The van der Waals surface area contributed by atoms with E-state index in [1.54, 1.807) is 11.4 Å². The average Bonchev–Trinajstić information content (AvgIpc) is 3.27. The van der Waals surface area contributed by atoms with Crippen LogP contribution in [-0.4, -0.2) is 34.9 Å². The molecule has 0 atom stereocenters. The van der Waals surface area contributed by atoms with E-state index in [2.05, 4.69) is 20.6 Å². The highest BCUT2D eigenvalue weighted by Gasteiger charge is 2.06. The summed E-state index contributed by atoms with van der Waals surface area (Å²) in [5, 5.41) is 9.36. The molecule has 0 aliphatic rings. The maximum absolute atomic E-state index is 11.8. The highest BCUT2D eigenvalue weighted by molar-refractivity contribution is 7.08. The van der Waals surface area contributed by atoms with E-state index < -0.39 is 0 Å². The maximum atomic E-state index is 11.8. The van der Waals surface area contributed by atoms with Crippen LogP contribution in [0.3, 0.4) is 0 Å². The van der Waals surface area contributed by atoms with Crippen molar-refractivity contribution in [2.75, 3.05) is 13.1 Å². The summed E-state index contributed by atoms with van der Waals surface area (Å²) in [6.07, 6.45) is 1.67. The van der Waals surface area contributed by atoms with Crippen molar-refractivity contribution in [2.45, 2.75) is 19.3 Å². The Kier molecular flexibility index (Phi) is 5.79. The smallest absolute Gasteiger partial charge is 0.252 e. The fourth-order valence-electron chi connectivity index (χ4n) is 2.48. The van der Waals surface area contributed by atoms with E-state index in [0.29, 0.717) is 37.9 Å². The fraction of sp³-hybridized carbons (Fsp3) is 0.278. The Morgan fingerprint density at radius 1 is 1.12 bits per heavy atom. The van der Waals surface area contributed by atoms with Gasteiger partial charge in [-0.25, -0.2) is 4.98 Å². The number of nitrogens with one attached hydrogen (secondary N) is 3. The van der Waals surface area contributed by atoms with Crippen LogP contribution in [0.5, 0.6) is 0 Å². The van der Waals surface area contributed by atoms with Crippen LogP contribution in [0.25, 0.3) is 11.0 Å². The van der Waals surface area contributed by atoms with Gasteiger partial charge in [0.15, 0.2) is 0 Å². The second kappa shape index (κ2) is 8.43. The van der Waals surface area contributed by atoms with Crippen LogP contribution in [0, 0.1) is 0 Å². The van der Waals surface area contributed by atoms with Gasteiger partial charge < -0.3 is 15.6 Å². The van der Waals surface area contributed by atoms with Crippen molar-refractivity contribution in [3.63, 3.8) is 0 Å². The summed E-state index contributed by atoms with van der Waals surface area (Å²) in [6, 6.07) is 9.63. The Balaban J connectivity index is 1.31. The highest BCUT2D eigenvalue weighted by Crippen LogP contribution is 2.10. The monoisotopic (exact) mass is 356 g/mol. The van der Waals surface area contributed by atoms with Crippen molar-refractivity contribution < 1.29 is 9.59 Å². The molecule has 0 unspecified atom stereocenters. The predicted octanol–water partition coefficient (Wildman–Crippen LogP) is 2.49. The zero-order chi connectivity index (χ0) is 17.5. The summed E-state index contributed by atoms with van der Waals surface area (Å²) in [7, 11) is 0. The van der Waals surface area contributed by atoms with Gasteiger partial charge in [0, 0.05) is 36.9 Å². The molecule has 0 aliphatic heterocycles. The van der Waals surface area contributed by atoms with Crippen molar-refractivity contribution >= 4 is 34.2 Å². The molecule has 130 valence electrons. The molecule has 0 aliphatic carbocycles. The van der Waals surface area contributed by atoms with E-state index in [4.69, 9.17) is 0 Å². The summed E-state index contributed by atoms with van der Waals surface area (Å²) in [5.74, 6) is 0.761. The quantitative estimate of drug-likeness (QED) is 0.542. The first kappa shape index (κ1) is 17.2. The second-order valence-electron chi connectivity index (χ2n) is 5.67. The Morgan fingerprint density at radius 3 is 2.80 bits per heavy atom. The minimum absolute atomic E-state index is 0.0131. The Labute approximate surface area is 149 Å². The minimum atomic E-state index is -0.0912. The molecular formula is C18H20N4O2S. The summed E-state index contributed by atoms with van der Waals surface area (Å²) >= 11 is 1.49. The van der Waals surface area contributed by atoms with Crippen molar-refractivity contribution in [3.05, 3.63) is 52.5 Å². The number of thiophene rings is 1. The Morgan fingerprint density at radius 2 is 2.00 bits per heavy atom. The Hall–Kier alpha value is -2.67. The normalized spacial score (nSPS) is 10.7. The number of carbonyl (C=O) groups is 2. The molecule has 0 radical (unpaired) electrons. The first-order valence-electron chi connectivity index (χ1n) is 8.23. The lowest BCUT2D eigenvalue weighted by atomic mass is 10.2. The molecule has 2 heterocycles. The lowest BCUT2D eigenvalue weighted by molar-refractivity contribution is -0.121. The van der Waals surface area contributed by atoms with E-state index in [-0.39, 0.29) is 11.8 Å². The number of hydrogen-bond donors (Lipinski definition) is 3. The molecular weight excluding hydrogens is 336 g/mol. The molecule has 25 heavy (non-hydrogen) atoms. The van der Waals surface area contributed by atoms with Crippen LogP contribution in [0.15, 0.2) is 41.1 Å². The van der Waals surface area contributed by atoms with Crippen molar-refractivity contribution in [1.29, 1.82) is 0 Å². The van der Waals surface area contributed by atoms with Gasteiger partial charge in [0.1, 0.15) is 5.82 Å². The van der Waals surface area contributed by atoms with E-state index in [1.165, 1.54) is 11.3 Å². The highest BCUT2D eigenvalue weighted by atomic mass is 32.1. The van der Waals surface area contributed by atoms with E-state index in [1.807, 2.05) is 29.6 Å². The number of nitrogens with zero attached hydrogens (tertiary/aromatic N) is 1. The summed E-state index contributed by atoms with van der Waals surface area (Å²) < 4.78 is 0. The topological polar surface area (TPSA) is 86.9 Å². The summed E-state index contributed by atoms with van der Waals surface area (Å²) in [4.78, 5) is 31.3. The number of aromatic nitrogens is 2. The number of fused-ring (bicyclic) bond motifs is 1. The minimum Gasteiger partial charge on any atom is -0.356 e. The molecule has 3 N–H and O–H groups in total. The molecule has 2 amide bonds. The lowest BCUT2D eigenvalue weighted by Gasteiger charge is -2.05. The number of amides is 2. The molecule has 1 aromatic carbocycles. The van der Waals surface area contributed by atoms with Gasteiger partial charge in [-0.2, -0.15) is 11.3 Å². The van der Waals surface area contributed by atoms with Crippen LogP contribution in [0.2, 0.25) is 0 Å². The SMILES string of the molecule is O=C(CCCNC(=O)c1ccsc1)NCCc1nc2ccccc2[nH]1. The predicted molar refractivity (Wildman–Crippen MR) is 98.7 cm³/mol. The van der Waals surface area contributed by atoms with Gasteiger partial charge in [-0.05, 0) is 30.0 Å². The number of aromatic amines is 1. The van der Waals surface area contributed by atoms with E-state index in [9.17, 15) is 9.59 Å². The van der Waals surface area contributed by atoms with Gasteiger partial charge in [-0.3, -0.25) is 9.59 Å². The zero-order valence-electron chi connectivity index (χ0n) is 13.7. The van der Waals surface area contributed by atoms with E-state index >= 15 is 0 Å². The van der Waals surface area contributed by atoms with Crippen LogP contribution < -0.4 is 10.6 Å². The van der Waals surface area contributed by atoms with Crippen LogP contribution in [0.1, 0.15) is 29.0 Å². The fourth-order valence-corrected chi connectivity index (χ4v) is 3.12. The molecule has 3 aromatic rings. The van der Waals surface area contributed by atoms with Crippen LogP contribution in [-0.2, 0) is 11.2 Å². The number of carbonyl (C=O) groups excluding carboxylic acids is 2. The van der Waals surface area contributed by atoms with Gasteiger partial charge in [-0.1, -0.05) is 12.1 Å². The largest absolute Gasteiger partial charge is 0.356 e. The number of hydrogen-bond acceptors (Lipinski definition) is 4. The van der Waals surface area contributed by atoms with Crippen LogP contribution in [0.4, 0.5) is 0 Å². The number of rotatable bonds is 8. The number of imidazole rings is 1. The lowest BCUT2D eigenvalue weighted by Crippen LogP contribution is -2.28. The Bertz CT molecular complexity index is 809. The molecule has 0 bridgehead atoms. The van der Waals surface area contributed by atoms with Crippen molar-refractivity contribution in [1.82, 2.24) is 20.6 Å². The van der Waals surface area contributed by atoms with Gasteiger partial charge in [0.2, 0.25) is 5.91 Å². The third-order valence-electron chi connectivity index (χ3n) is 3.77. The molecule has 7 heteroatoms. The molecule has 0 fully saturated rings. The van der Waals surface area contributed by atoms with Gasteiger partial charge in [-0.15, -0.1) is 0 Å². The standard InChI is InChI=1S/C18H20N4O2S/c23-17(6-3-9-20-18(24)13-8-11-25-12-13)19-10-7-16-21-14-4-1-2-5-15(14)22-16/h1-2,4-5,8,11-12H,3,6-7,9-10H2,(H,19,23)(H,20,24)(H,21,22). The third-order valence-corrected chi connectivity index (χ3v) is 4.46. The number of benzene rings is 1. The van der Waals surface area contributed by atoms with Crippen molar-refractivity contribution in [2.24, 2.45) is 0 Å². The molecule has 2 aromatic heterocycles. The summed E-state index contributed by atoms with van der Waals surface area (Å²) in [6.45, 7) is 1.03. The number of H-pyrrole nitrogens is 1.